The van der Waals surface area contributed by atoms with Crippen LogP contribution in [0.4, 0.5) is 0 Å². The summed E-state index contributed by atoms with van der Waals surface area (Å²) in [5.74, 6) is -0.321. The second-order valence-corrected chi connectivity index (χ2v) is 6.17. The van der Waals surface area contributed by atoms with Crippen LogP contribution >= 0.6 is 46.1 Å². The predicted octanol–water partition coefficient (Wildman–Crippen LogP) is 4.04. The maximum absolute atomic E-state index is 7.28. The lowest BCUT2D eigenvalue weighted by atomic mass is 10.3. The van der Waals surface area contributed by atoms with Gasteiger partial charge in [0.2, 0.25) is 5.90 Å². The fourth-order valence-corrected chi connectivity index (χ4v) is 1.87. The average Bonchev–Trinajstić information content (AvgIpc) is 2.63. The summed E-state index contributed by atoms with van der Waals surface area (Å²) in [5.41, 5.74) is 0. The number of halogens is 3. The molecular weight excluding hydrogens is 277 g/mol. The standard InChI is InChI=1S/C9H10Cl3NOS/c10-9(11,12)8(13)14-5-1-3-7-4-2-6-15-7/h2,4,6,13H,1,3,5H2. The molecule has 1 heterocycles. The van der Waals surface area contributed by atoms with E-state index in [2.05, 4.69) is 6.07 Å². The Morgan fingerprint density at radius 3 is 2.73 bits per heavy atom. The number of aryl methyl sites for hydroxylation is 1. The zero-order valence-electron chi connectivity index (χ0n) is 7.80. The van der Waals surface area contributed by atoms with Crippen molar-refractivity contribution >= 4 is 52.0 Å². The van der Waals surface area contributed by atoms with Crippen LogP contribution in [0.15, 0.2) is 17.5 Å². The Morgan fingerprint density at radius 1 is 1.47 bits per heavy atom. The number of hydrogen-bond donors (Lipinski definition) is 1. The number of thiophene rings is 1. The third kappa shape index (κ3) is 5.07. The van der Waals surface area contributed by atoms with Crippen molar-refractivity contribution in [3.05, 3.63) is 22.4 Å². The molecular formula is C9H10Cl3NOS. The molecule has 6 heteroatoms. The fourth-order valence-electron chi connectivity index (χ4n) is 0.957. The molecule has 0 unspecified atom stereocenters. The highest BCUT2D eigenvalue weighted by Crippen LogP contribution is 2.27. The summed E-state index contributed by atoms with van der Waals surface area (Å²) in [7, 11) is 0. The lowest BCUT2D eigenvalue weighted by Gasteiger charge is -2.13. The first-order valence-electron chi connectivity index (χ1n) is 4.31. The van der Waals surface area contributed by atoms with Gasteiger partial charge in [0, 0.05) is 4.88 Å². The van der Waals surface area contributed by atoms with Crippen LogP contribution in [0.25, 0.3) is 0 Å². The minimum atomic E-state index is -1.75. The zero-order chi connectivity index (χ0) is 11.3. The third-order valence-electron chi connectivity index (χ3n) is 1.65. The number of hydrogen-bond acceptors (Lipinski definition) is 3. The summed E-state index contributed by atoms with van der Waals surface area (Å²) in [4.78, 5) is 1.29. The molecule has 0 aromatic carbocycles. The third-order valence-corrected chi connectivity index (χ3v) is 3.10. The molecule has 0 saturated carbocycles. The van der Waals surface area contributed by atoms with Gasteiger partial charge in [0.15, 0.2) is 0 Å². The fraction of sp³-hybridized carbons (Fsp3) is 0.444. The first-order valence-corrected chi connectivity index (χ1v) is 6.32. The van der Waals surface area contributed by atoms with E-state index in [0.29, 0.717) is 6.61 Å². The van der Waals surface area contributed by atoms with Gasteiger partial charge >= 0.3 is 0 Å². The van der Waals surface area contributed by atoms with Gasteiger partial charge in [-0.15, -0.1) is 11.3 Å². The van der Waals surface area contributed by atoms with Crippen LogP contribution in [0.5, 0.6) is 0 Å². The summed E-state index contributed by atoms with van der Waals surface area (Å²) >= 11 is 18.0. The average molecular weight is 287 g/mol. The maximum Gasteiger partial charge on any atom is 0.265 e. The quantitative estimate of drug-likeness (QED) is 0.385. The van der Waals surface area contributed by atoms with E-state index in [4.69, 9.17) is 44.9 Å². The molecule has 0 bridgehead atoms. The lowest BCUT2D eigenvalue weighted by Crippen LogP contribution is -2.21. The molecule has 1 aromatic heterocycles. The Kier molecular flexibility index (Phi) is 5.19. The van der Waals surface area contributed by atoms with Crippen molar-refractivity contribution < 1.29 is 4.74 Å². The van der Waals surface area contributed by atoms with Crippen molar-refractivity contribution in [3.8, 4) is 0 Å². The highest BCUT2D eigenvalue weighted by Gasteiger charge is 2.28. The summed E-state index contributed by atoms with van der Waals surface area (Å²) in [6, 6.07) is 4.06. The molecule has 1 aromatic rings. The van der Waals surface area contributed by atoms with Gasteiger partial charge in [0.05, 0.1) is 6.61 Å². The largest absolute Gasteiger partial charge is 0.478 e. The Labute approximate surface area is 108 Å². The Bertz CT molecular complexity index is 308. The molecule has 1 rings (SSSR count). The Balaban J connectivity index is 2.15. The Hall–Kier alpha value is 0.0400. The van der Waals surface area contributed by atoms with Gasteiger partial charge in [-0.05, 0) is 24.3 Å². The molecule has 15 heavy (non-hydrogen) atoms. The number of ether oxygens (including phenoxy) is 1. The van der Waals surface area contributed by atoms with Crippen molar-refractivity contribution in [1.82, 2.24) is 0 Å². The first-order chi connectivity index (χ1) is 7.00. The van der Waals surface area contributed by atoms with Crippen molar-refractivity contribution in [2.45, 2.75) is 16.6 Å². The second kappa shape index (κ2) is 5.94. The number of nitrogens with one attached hydrogen (secondary N) is 1. The lowest BCUT2D eigenvalue weighted by molar-refractivity contribution is 0.290. The molecule has 0 aliphatic rings. The van der Waals surface area contributed by atoms with Gasteiger partial charge in [-0.25, -0.2) is 0 Å². The first kappa shape index (κ1) is 13.1. The van der Waals surface area contributed by atoms with E-state index >= 15 is 0 Å². The van der Waals surface area contributed by atoms with E-state index in [1.54, 1.807) is 11.3 Å². The van der Waals surface area contributed by atoms with Crippen LogP contribution in [-0.2, 0) is 11.2 Å². The van der Waals surface area contributed by atoms with Crippen molar-refractivity contribution in [1.29, 1.82) is 5.41 Å². The monoisotopic (exact) mass is 285 g/mol. The van der Waals surface area contributed by atoms with E-state index in [0.717, 1.165) is 12.8 Å². The second-order valence-electron chi connectivity index (χ2n) is 2.86. The normalized spacial score (nSPS) is 11.4. The Morgan fingerprint density at radius 2 is 2.20 bits per heavy atom. The van der Waals surface area contributed by atoms with Gasteiger partial charge in [0.25, 0.3) is 3.79 Å². The minimum absolute atomic E-state index is 0.321. The van der Waals surface area contributed by atoms with Crippen LogP contribution in [0.3, 0.4) is 0 Å². The van der Waals surface area contributed by atoms with Gasteiger partial charge in [-0.2, -0.15) is 0 Å². The predicted molar refractivity (Wildman–Crippen MR) is 66.6 cm³/mol. The molecule has 0 atom stereocenters. The molecule has 0 radical (unpaired) electrons. The molecule has 0 fully saturated rings. The SMILES string of the molecule is N=C(OCCCc1cccs1)C(Cl)(Cl)Cl. The van der Waals surface area contributed by atoms with E-state index in [-0.39, 0.29) is 5.90 Å². The van der Waals surface area contributed by atoms with Gasteiger partial charge in [-0.3, -0.25) is 5.41 Å². The summed E-state index contributed by atoms with van der Waals surface area (Å²) in [6.45, 7) is 0.393. The maximum atomic E-state index is 7.28. The van der Waals surface area contributed by atoms with Gasteiger partial charge in [0.1, 0.15) is 0 Å². The van der Waals surface area contributed by atoms with Crippen LogP contribution < -0.4 is 0 Å². The van der Waals surface area contributed by atoms with Crippen LogP contribution in [-0.4, -0.2) is 16.3 Å². The van der Waals surface area contributed by atoms with E-state index in [1.165, 1.54) is 4.88 Å². The summed E-state index contributed by atoms with van der Waals surface area (Å²) in [5, 5.41) is 9.31. The molecule has 0 saturated heterocycles. The van der Waals surface area contributed by atoms with E-state index in [1.807, 2.05) is 11.4 Å². The van der Waals surface area contributed by atoms with Crippen molar-refractivity contribution in [3.63, 3.8) is 0 Å². The highest BCUT2D eigenvalue weighted by atomic mass is 35.6. The molecule has 0 spiro atoms. The molecule has 0 aliphatic heterocycles. The molecule has 0 aliphatic carbocycles. The smallest absolute Gasteiger partial charge is 0.265 e. The minimum Gasteiger partial charge on any atom is -0.478 e. The van der Waals surface area contributed by atoms with E-state index in [9.17, 15) is 0 Å². The number of alkyl halides is 3. The topological polar surface area (TPSA) is 33.1 Å². The highest BCUT2D eigenvalue weighted by molar-refractivity contribution is 7.09. The summed E-state index contributed by atoms with van der Waals surface area (Å²) < 4.78 is 3.25. The van der Waals surface area contributed by atoms with Gasteiger partial charge in [-0.1, -0.05) is 40.9 Å². The molecule has 1 N–H and O–H groups in total. The van der Waals surface area contributed by atoms with Gasteiger partial charge < -0.3 is 4.74 Å². The molecule has 2 nitrogen and oxygen atoms in total. The van der Waals surface area contributed by atoms with Crippen molar-refractivity contribution in [2.75, 3.05) is 6.61 Å². The summed E-state index contributed by atoms with van der Waals surface area (Å²) in [6.07, 6.45) is 1.73. The van der Waals surface area contributed by atoms with Crippen molar-refractivity contribution in [2.24, 2.45) is 0 Å². The zero-order valence-corrected chi connectivity index (χ0v) is 10.9. The molecule has 84 valence electrons. The van der Waals surface area contributed by atoms with Crippen LogP contribution in [0.1, 0.15) is 11.3 Å². The van der Waals surface area contributed by atoms with Crippen LogP contribution in [0, 0.1) is 5.41 Å². The number of rotatable bonds is 4. The molecule has 0 amide bonds. The van der Waals surface area contributed by atoms with E-state index < -0.39 is 3.79 Å². The van der Waals surface area contributed by atoms with Crippen LogP contribution in [0.2, 0.25) is 0 Å².